The molecule has 0 unspecified atom stereocenters. The van der Waals surface area contributed by atoms with E-state index in [-0.39, 0.29) is 0 Å². The summed E-state index contributed by atoms with van der Waals surface area (Å²) in [7, 11) is 0. The molecule has 0 saturated heterocycles. The van der Waals surface area contributed by atoms with Gasteiger partial charge in [0.15, 0.2) is 0 Å². The van der Waals surface area contributed by atoms with Gasteiger partial charge in [-0.1, -0.05) is 49.4 Å². The maximum Gasteiger partial charge on any atom is 0.139 e. The second-order valence-corrected chi connectivity index (χ2v) is 4.91. The first-order chi connectivity index (χ1) is 9.38. The van der Waals surface area contributed by atoms with Crippen LogP contribution in [0, 0.1) is 0 Å². The van der Waals surface area contributed by atoms with Gasteiger partial charge in [-0.3, -0.25) is 0 Å². The highest BCUT2D eigenvalue weighted by atomic mass is 16.3. The summed E-state index contributed by atoms with van der Waals surface area (Å²) in [4.78, 5) is 0. The number of para-hydroxylation sites is 1. The second-order valence-electron chi connectivity index (χ2n) is 4.91. The first-order valence-electron chi connectivity index (χ1n) is 6.70. The predicted octanol–water partition coefficient (Wildman–Crippen LogP) is 5.30. The van der Waals surface area contributed by atoms with E-state index in [1.165, 1.54) is 27.1 Å². The van der Waals surface area contributed by atoms with E-state index in [0.717, 1.165) is 17.6 Å². The second kappa shape index (κ2) is 3.86. The van der Waals surface area contributed by atoms with Crippen molar-refractivity contribution in [2.75, 3.05) is 0 Å². The van der Waals surface area contributed by atoms with Gasteiger partial charge in [-0.05, 0) is 34.9 Å². The van der Waals surface area contributed by atoms with Crippen LogP contribution >= 0.6 is 0 Å². The van der Waals surface area contributed by atoms with E-state index in [1.54, 1.807) is 0 Å². The molecule has 0 atom stereocenters. The molecular formula is C18H14O. The maximum atomic E-state index is 6.08. The van der Waals surface area contributed by atoms with Crippen LogP contribution in [-0.4, -0.2) is 0 Å². The molecule has 0 aliphatic rings. The molecule has 0 fully saturated rings. The summed E-state index contributed by atoms with van der Waals surface area (Å²) >= 11 is 0. The summed E-state index contributed by atoms with van der Waals surface area (Å²) in [5, 5.41) is 5.03. The fraction of sp³-hybridized carbons (Fsp3) is 0.111. The molecule has 4 aromatic rings. The van der Waals surface area contributed by atoms with E-state index in [2.05, 4.69) is 49.4 Å². The number of hydrogen-bond donors (Lipinski definition) is 0. The van der Waals surface area contributed by atoms with Gasteiger partial charge in [-0.2, -0.15) is 0 Å². The van der Waals surface area contributed by atoms with Crippen LogP contribution in [0.4, 0.5) is 0 Å². The monoisotopic (exact) mass is 246 g/mol. The molecule has 3 aromatic carbocycles. The van der Waals surface area contributed by atoms with E-state index in [1.807, 2.05) is 12.1 Å². The molecule has 0 amide bonds. The largest absolute Gasteiger partial charge is 0.456 e. The van der Waals surface area contributed by atoms with Crippen molar-refractivity contribution >= 4 is 32.7 Å². The summed E-state index contributed by atoms with van der Waals surface area (Å²) in [5.74, 6) is 0. The molecule has 1 nitrogen and oxygen atoms in total. The Balaban J connectivity index is 2.36. The summed E-state index contributed by atoms with van der Waals surface area (Å²) in [6, 6.07) is 19.1. The first kappa shape index (κ1) is 10.6. The highest BCUT2D eigenvalue weighted by molar-refractivity contribution is 6.19. The van der Waals surface area contributed by atoms with E-state index in [4.69, 9.17) is 4.42 Å². The fourth-order valence-electron chi connectivity index (χ4n) is 2.91. The van der Waals surface area contributed by atoms with Gasteiger partial charge in [0, 0.05) is 10.8 Å². The normalized spacial score (nSPS) is 11.6. The van der Waals surface area contributed by atoms with Crippen molar-refractivity contribution in [3.8, 4) is 0 Å². The van der Waals surface area contributed by atoms with Gasteiger partial charge in [0.05, 0.1) is 0 Å². The third-order valence-electron chi connectivity index (χ3n) is 3.83. The van der Waals surface area contributed by atoms with Gasteiger partial charge in [0.25, 0.3) is 0 Å². The molecule has 0 spiro atoms. The number of furan rings is 1. The van der Waals surface area contributed by atoms with Gasteiger partial charge < -0.3 is 4.42 Å². The maximum absolute atomic E-state index is 6.08. The summed E-state index contributed by atoms with van der Waals surface area (Å²) in [5.41, 5.74) is 3.30. The molecule has 0 aliphatic carbocycles. The minimum absolute atomic E-state index is 0.976. The van der Waals surface area contributed by atoms with Crippen molar-refractivity contribution in [2.24, 2.45) is 0 Å². The van der Waals surface area contributed by atoms with E-state index >= 15 is 0 Å². The average molecular weight is 246 g/mol. The van der Waals surface area contributed by atoms with Gasteiger partial charge in [0.1, 0.15) is 11.2 Å². The Morgan fingerprint density at radius 2 is 1.63 bits per heavy atom. The van der Waals surface area contributed by atoms with Crippen molar-refractivity contribution in [1.29, 1.82) is 0 Å². The molecule has 0 saturated carbocycles. The summed E-state index contributed by atoms with van der Waals surface area (Å²) in [6.07, 6.45) is 0.987. The highest BCUT2D eigenvalue weighted by Gasteiger charge is 2.13. The van der Waals surface area contributed by atoms with E-state index in [0.29, 0.717) is 0 Å². The lowest BCUT2D eigenvalue weighted by Crippen LogP contribution is -1.83. The molecule has 1 heterocycles. The SMILES string of the molecule is CCc1cc2ccccc2c2c1oc1ccccc12. The number of aryl methyl sites for hydroxylation is 1. The van der Waals surface area contributed by atoms with Crippen molar-refractivity contribution in [1.82, 2.24) is 0 Å². The predicted molar refractivity (Wildman–Crippen MR) is 80.6 cm³/mol. The zero-order valence-corrected chi connectivity index (χ0v) is 10.8. The smallest absolute Gasteiger partial charge is 0.139 e. The quantitative estimate of drug-likeness (QED) is 0.444. The Morgan fingerprint density at radius 3 is 2.47 bits per heavy atom. The zero-order chi connectivity index (χ0) is 12.8. The Morgan fingerprint density at radius 1 is 0.895 bits per heavy atom. The fourth-order valence-corrected chi connectivity index (χ4v) is 2.91. The zero-order valence-electron chi connectivity index (χ0n) is 10.8. The minimum Gasteiger partial charge on any atom is -0.456 e. The first-order valence-corrected chi connectivity index (χ1v) is 6.70. The highest BCUT2D eigenvalue weighted by Crippen LogP contribution is 2.36. The van der Waals surface area contributed by atoms with Crippen LogP contribution in [0.3, 0.4) is 0 Å². The number of fused-ring (bicyclic) bond motifs is 5. The van der Waals surface area contributed by atoms with Gasteiger partial charge in [0.2, 0.25) is 0 Å². The van der Waals surface area contributed by atoms with Crippen LogP contribution < -0.4 is 0 Å². The number of rotatable bonds is 1. The molecule has 92 valence electrons. The van der Waals surface area contributed by atoms with Gasteiger partial charge in [-0.25, -0.2) is 0 Å². The van der Waals surface area contributed by atoms with Gasteiger partial charge >= 0.3 is 0 Å². The average Bonchev–Trinajstić information content (AvgIpc) is 2.86. The molecule has 1 heteroatoms. The Labute approximate surface area is 111 Å². The molecule has 0 aliphatic heterocycles. The number of benzene rings is 3. The molecule has 0 N–H and O–H groups in total. The van der Waals surface area contributed by atoms with Crippen LogP contribution in [-0.2, 0) is 6.42 Å². The van der Waals surface area contributed by atoms with Gasteiger partial charge in [-0.15, -0.1) is 0 Å². The third-order valence-corrected chi connectivity index (χ3v) is 3.83. The van der Waals surface area contributed by atoms with Crippen LogP contribution in [0.1, 0.15) is 12.5 Å². The number of hydrogen-bond acceptors (Lipinski definition) is 1. The molecule has 4 rings (SSSR count). The van der Waals surface area contributed by atoms with E-state index in [9.17, 15) is 0 Å². The Bertz CT molecular complexity index is 899. The third kappa shape index (κ3) is 1.42. The molecular weight excluding hydrogens is 232 g/mol. The van der Waals surface area contributed by atoms with Crippen molar-refractivity contribution in [3.63, 3.8) is 0 Å². The molecule has 0 radical (unpaired) electrons. The molecule has 19 heavy (non-hydrogen) atoms. The summed E-state index contributed by atoms with van der Waals surface area (Å²) < 4.78 is 6.08. The van der Waals surface area contributed by atoms with Crippen molar-refractivity contribution in [3.05, 3.63) is 60.2 Å². The Kier molecular flexibility index (Phi) is 2.16. The lowest BCUT2D eigenvalue weighted by Gasteiger charge is -2.04. The molecule has 0 bridgehead atoms. The van der Waals surface area contributed by atoms with Crippen LogP contribution in [0.5, 0.6) is 0 Å². The lowest BCUT2D eigenvalue weighted by atomic mass is 9.99. The van der Waals surface area contributed by atoms with Crippen LogP contribution in [0.2, 0.25) is 0 Å². The lowest BCUT2D eigenvalue weighted by molar-refractivity contribution is 0.664. The standard InChI is InChI=1S/C18H14O/c1-2-12-11-13-7-3-4-8-14(13)17-15-9-5-6-10-16(15)19-18(12)17/h3-11H,2H2,1H3. The van der Waals surface area contributed by atoms with Crippen molar-refractivity contribution in [2.45, 2.75) is 13.3 Å². The van der Waals surface area contributed by atoms with E-state index < -0.39 is 0 Å². The summed E-state index contributed by atoms with van der Waals surface area (Å²) in [6.45, 7) is 2.18. The molecule has 1 aromatic heterocycles. The van der Waals surface area contributed by atoms with Crippen molar-refractivity contribution < 1.29 is 4.42 Å². The topological polar surface area (TPSA) is 13.1 Å². The van der Waals surface area contributed by atoms with Crippen LogP contribution in [0.25, 0.3) is 32.7 Å². The minimum atomic E-state index is 0.976. The Hall–Kier alpha value is -2.28. The van der Waals surface area contributed by atoms with Crippen LogP contribution in [0.15, 0.2) is 59.0 Å².